The Bertz CT molecular complexity index is 319. The van der Waals surface area contributed by atoms with Crippen molar-refractivity contribution in [1.82, 2.24) is 15.5 Å². The number of urea groups is 1. The maximum atomic E-state index is 11.6. The van der Waals surface area contributed by atoms with Gasteiger partial charge in [-0.1, -0.05) is 0 Å². The fourth-order valence-electron chi connectivity index (χ4n) is 1.72. The molecular formula is C10H17N3O4. The van der Waals surface area contributed by atoms with Crippen LogP contribution in [0.2, 0.25) is 0 Å². The highest BCUT2D eigenvalue weighted by atomic mass is 16.4. The van der Waals surface area contributed by atoms with E-state index < -0.39 is 11.9 Å². The minimum absolute atomic E-state index is 0.0937. The second-order valence-corrected chi connectivity index (χ2v) is 3.96. The van der Waals surface area contributed by atoms with E-state index in [0.717, 1.165) is 0 Å². The van der Waals surface area contributed by atoms with Crippen LogP contribution >= 0.6 is 0 Å². The van der Waals surface area contributed by atoms with E-state index >= 15 is 0 Å². The van der Waals surface area contributed by atoms with Crippen molar-refractivity contribution in [3.8, 4) is 0 Å². The van der Waals surface area contributed by atoms with Gasteiger partial charge in [-0.25, -0.2) is 4.79 Å². The van der Waals surface area contributed by atoms with E-state index in [1.54, 1.807) is 0 Å². The first kappa shape index (κ1) is 13.3. The van der Waals surface area contributed by atoms with Gasteiger partial charge >= 0.3 is 12.0 Å². The molecule has 0 aromatic carbocycles. The number of carboxylic acids is 1. The summed E-state index contributed by atoms with van der Waals surface area (Å²) >= 11 is 0. The monoisotopic (exact) mass is 243 g/mol. The molecule has 0 spiro atoms. The molecule has 1 aliphatic rings. The van der Waals surface area contributed by atoms with Crippen LogP contribution in [-0.2, 0) is 9.59 Å². The van der Waals surface area contributed by atoms with Crippen molar-refractivity contribution in [3.05, 3.63) is 0 Å². The van der Waals surface area contributed by atoms with Crippen molar-refractivity contribution < 1.29 is 19.5 Å². The first-order chi connectivity index (χ1) is 8.04. The lowest BCUT2D eigenvalue weighted by Gasteiger charge is -2.30. The van der Waals surface area contributed by atoms with Crippen LogP contribution < -0.4 is 10.6 Å². The second kappa shape index (κ2) is 6.07. The van der Waals surface area contributed by atoms with Gasteiger partial charge in [0.2, 0.25) is 5.91 Å². The summed E-state index contributed by atoms with van der Waals surface area (Å²) in [7, 11) is 1.48. The van der Waals surface area contributed by atoms with Crippen LogP contribution in [0.4, 0.5) is 4.79 Å². The fourth-order valence-corrected chi connectivity index (χ4v) is 1.72. The molecule has 0 aromatic heterocycles. The van der Waals surface area contributed by atoms with Crippen molar-refractivity contribution in [3.63, 3.8) is 0 Å². The Kier molecular flexibility index (Phi) is 4.74. The Morgan fingerprint density at radius 1 is 1.41 bits per heavy atom. The number of aliphatic carboxylic acids is 1. The largest absolute Gasteiger partial charge is 0.481 e. The Hall–Kier alpha value is -1.79. The van der Waals surface area contributed by atoms with Crippen LogP contribution in [0.15, 0.2) is 0 Å². The van der Waals surface area contributed by atoms with Gasteiger partial charge in [0.1, 0.15) is 0 Å². The van der Waals surface area contributed by atoms with Gasteiger partial charge in [0.25, 0.3) is 0 Å². The van der Waals surface area contributed by atoms with Crippen LogP contribution in [0.25, 0.3) is 0 Å². The molecule has 0 bridgehead atoms. The zero-order valence-corrected chi connectivity index (χ0v) is 9.73. The predicted molar refractivity (Wildman–Crippen MR) is 59.4 cm³/mol. The molecule has 3 N–H and O–H groups in total. The van der Waals surface area contributed by atoms with Gasteiger partial charge in [0, 0.05) is 20.1 Å². The molecule has 0 radical (unpaired) electrons. The first-order valence-corrected chi connectivity index (χ1v) is 5.50. The number of likely N-dealkylation sites (N-methyl/N-ethyl adjacent to an activating group) is 1. The van der Waals surface area contributed by atoms with Crippen LogP contribution in [0, 0.1) is 5.92 Å². The van der Waals surface area contributed by atoms with Crippen molar-refractivity contribution in [1.29, 1.82) is 0 Å². The van der Waals surface area contributed by atoms with Gasteiger partial charge in [-0.2, -0.15) is 0 Å². The van der Waals surface area contributed by atoms with E-state index in [-0.39, 0.29) is 25.0 Å². The lowest BCUT2D eigenvalue weighted by Crippen LogP contribution is -2.48. The third-order valence-corrected chi connectivity index (χ3v) is 2.74. The Morgan fingerprint density at radius 2 is 2.12 bits per heavy atom. The molecule has 3 amide bonds. The van der Waals surface area contributed by atoms with E-state index in [1.807, 2.05) is 0 Å². The van der Waals surface area contributed by atoms with Crippen molar-refractivity contribution in [2.75, 3.05) is 26.7 Å². The normalized spacial score (nSPS) is 19.6. The molecule has 1 aliphatic heterocycles. The smallest absolute Gasteiger partial charge is 0.317 e. The predicted octanol–water partition coefficient (Wildman–Crippen LogP) is -0.761. The van der Waals surface area contributed by atoms with Gasteiger partial charge in [-0.15, -0.1) is 0 Å². The molecular weight excluding hydrogens is 226 g/mol. The fraction of sp³-hybridized carbons (Fsp3) is 0.700. The molecule has 0 aromatic rings. The number of nitrogens with zero attached hydrogens (tertiary/aromatic N) is 1. The highest BCUT2D eigenvalue weighted by Crippen LogP contribution is 2.16. The minimum atomic E-state index is -0.881. The summed E-state index contributed by atoms with van der Waals surface area (Å²) in [5.74, 6) is -1.67. The van der Waals surface area contributed by atoms with Crippen molar-refractivity contribution in [2.45, 2.75) is 12.8 Å². The molecule has 1 heterocycles. The number of carbonyl (C=O) groups is 3. The van der Waals surface area contributed by atoms with E-state index in [4.69, 9.17) is 5.11 Å². The molecule has 96 valence electrons. The lowest BCUT2D eigenvalue weighted by atomic mass is 9.99. The molecule has 0 unspecified atom stereocenters. The molecule has 1 rings (SSSR count). The van der Waals surface area contributed by atoms with E-state index in [9.17, 15) is 14.4 Å². The van der Waals surface area contributed by atoms with Gasteiger partial charge < -0.3 is 20.6 Å². The summed E-state index contributed by atoms with van der Waals surface area (Å²) in [5.41, 5.74) is 0. The third-order valence-electron chi connectivity index (χ3n) is 2.74. The number of amides is 3. The maximum absolute atomic E-state index is 11.6. The average Bonchev–Trinajstić information content (AvgIpc) is 2.35. The number of hydrogen-bond donors (Lipinski definition) is 3. The third kappa shape index (κ3) is 3.93. The standard InChI is InChI=1S/C10H17N3O4/c1-11-8(14)5-12-10(17)13-4-2-3-7(6-13)9(15)16/h7H,2-6H2,1H3,(H,11,14)(H,12,17)(H,15,16)/t7-/m0/s1. The molecule has 0 saturated carbocycles. The molecule has 7 nitrogen and oxygen atoms in total. The quantitative estimate of drug-likeness (QED) is 0.606. The van der Waals surface area contributed by atoms with Crippen LogP contribution in [0.1, 0.15) is 12.8 Å². The molecule has 1 saturated heterocycles. The van der Waals surface area contributed by atoms with E-state index in [2.05, 4.69) is 10.6 Å². The first-order valence-electron chi connectivity index (χ1n) is 5.50. The number of carbonyl (C=O) groups excluding carboxylic acids is 2. The topological polar surface area (TPSA) is 98.7 Å². The van der Waals surface area contributed by atoms with Gasteiger partial charge in [-0.3, -0.25) is 9.59 Å². The average molecular weight is 243 g/mol. The number of carboxylic acid groups (broad SMARTS) is 1. The summed E-state index contributed by atoms with van der Waals surface area (Å²) in [5, 5.41) is 13.7. The van der Waals surface area contributed by atoms with Crippen LogP contribution in [0.3, 0.4) is 0 Å². The Morgan fingerprint density at radius 3 is 2.71 bits per heavy atom. The minimum Gasteiger partial charge on any atom is -0.481 e. The Labute approximate surface area is 99.2 Å². The SMILES string of the molecule is CNC(=O)CNC(=O)N1CCC[C@H](C(=O)O)C1. The van der Waals surface area contributed by atoms with Gasteiger partial charge in [-0.05, 0) is 12.8 Å². The van der Waals surface area contributed by atoms with Crippen LogP contribution in [0.5, 0.6) is 0 Å². The van der Waals surface area contributed by atoms with Crippen molar-refractivity contribution in [2.24, 2.45) is 5.92 Å². The lowest BCUT2D eigenvalue weighted by molar-refractivity contribution is -0.143. The zero-order valence-electron chi connectivity index (χ0n) is 9.73. The second-order valence-electron chi connectivity index (χ2n) is 3.96. The summed E-state index contributed by atoms with van der Waals surface area (Å²) in [6.07, 6.45) is 1.26. The molecule has 7 heteroatoms. The summed E-state index contributed by atoms with van der Waals surface area (Å²) in [4.78, 5) is 34.8. The molecule has 0 aliphatic carbocycles. The molecule has 1 atom stereocenters. The van der Waals surface area contributed by atoms with Crippen LogP contribution in [-0.4, -0.2) is 54.6 Å². The number of piperidine rings is 1. The number of hydrogen-bond acceptors (Lipinski definition) is 3. The number of nitrogens with one attached hydrogen (secondary N) is 2. The Balaban J connectivity index is 2.41. The maximum Gasteiger partial charge on any atom is 0.317 e. The molecule has 1 fully saturated rings. The summed E-state index contributed by atoms with van der Waals surface area (Å²) < 4.78 is 0. The highest BCUT2D eigenvalue weighted by Gasteiger charge is 2.27. The molecule has 17 heavy (non-hydrogen) atoms. The highest BCUT2D eigenvalue weighted by molar-refractivity contribution is 5.84. The summed E-state index contributed by atoms with van der Waals surface area (Å²) in [6.45, 7) is 0.641. The van der Waals surface area contributed by atoms with Gasteiger partial charge in [0.15, 0.2) is 0 Å². The zero-order chi connectivity index (χ0) is 12.8. The summed E-state index contributed by atoms with van der Waals surface area (Å²) in [6, 6.07) is -0.389. The number of likely N-dealkylation sites (tertiary alicyclic amines) is 1. The van der Waals surface area contributed by atoms with E-state index in [1.165, 1.54) is 11.9 Å². The van der Waals surface area contributed by atoms with Crippen molar-refractivity contribution >= 4 is 17.9 Å². The van der Waals surface area contributed by atoms with E-state index in [0.29, 0.717) is 19.4 Å². The van der Waals surface area contributed by atoms with Gasteiger partial charge in [0.05, 0.1) is 12.5 Å². The number of rotatable bonds is 3.